The van der Waals surface area contributed by atoms with E-state index in [-0.39, 0.29) is 86.4 Å². The van der Waals surface area contributed by atoms with Crippen LogP contribution < -0.4 is 38.5 Å². The topological polar surface area (TPSA) is 401 Å². The van der Waals surface area contributed by atoms with Gasteiger partial charge in [-0.05, 0) is 192 Å². The second-order valence-corrected chi connectivity index (χ2v) is 28.4. The maximum Gasteiger partial charge on any atom is 0.348 e. The molecule has 109 heavy (non-hydrogen) atoms. The average molecular weight is 1500 g/mol. The first-order valence-corrected chi connectivity index (χ1v) is 34.9. The lowest BCUT2D eigenvalue weighted by Gasteiger charge is -2.31. The Morgan fingerprint density at radius 3 is 1.55 bits per heavy atom. The van der Waals surface area contributed by atoms with E-state index in [0.717, 1.165) is 62.1 Å². The highest BCUT2D eigenvalue weighted by molar-refractivity contribution is 6.00. The van der Waals surface area contributed by atoms with Crippen LogP contribution in [0.4, 0.5) is 5.82 Å². The van der Waals surface area contributed by atoms with Crippen molar-refractivity contribution in [3.63, 3.8) is 0 Å². The van der Waals surface area contributed by atoms with Crippen LogP contribution in [0.2, 0.25) is 0 Å². The molecule has 0 saturated carbocycles. The van der Waals surface area contributed by atoms with Crippen LogP contribution in [0.3, 0.4) is 0 Å². The van der Waals surface area contributed by atoms with Crippen LogP contribution in [0, 0.1) is 55.4 Å². The van der Waals surface area contributed by atoms with Crippen molar-refractivity contribution in [3.8, 4) is 0 Å². The third-order valence-corrected chi connectivity index (χ3v) is 16.2. The van der Waals surface area contributed by atoms with Crippen molar-refractivity contribution in [1.82, 2.24) is 122 Å². The molecule has 7 N–H and O–H groups in total. The van der Waals surface area contributed by atoms with E-state index < -0.39 is 5.91 Å². The van der Waals surface area contributed by atoms with Gasteiger partial charge in [0.2, 0.25) is 5.82 Å². The van der Waals surface area contributed by atoms with Gasteiger partial charge in [-0.25, -0.2) is 64.3 Å². The van der Waals surface area contributed by atoms with Gasteiger partial charge < -0.3 is 59.4 Å². The Bertz CT molecular complexity index is 5100. The molecule has 3 amide bonds. The number of nitrogens with zero attached hydrogens (tertiary/aromatic N) is 21. The third kappa shape index (κ3) is 23.2. The molecule has 0 aliphatic carbocycles. The number of anilines is 1. The van der Waals surface area contributed by atoms with E-state index in [2.05, 4.69) is 153 Å². The first-order chi connectivity index (χ1) is 49.4. The molecule has 0 fully saturated rings. The highest BCUT2D eigenvalue weighted by Gasteiger charge is 2.28. The van der Waals surface area contributed by atoms with Gasteiger partial charge in [0.1, 0.15) is 58.2 Å². The van der Waals surface area contributed by atoms with E-state index in [1.165, 1.54) is 6.33 Å². The van der Waals surface area contributed by atoms with Crippen molar-refractivity contribution < 1.29 is 14.4 Å². The van der Waals surface area contributed by atoms with E-state index in [1.807, 2.05) is 169 Å². The number of H-pyrrole nitrogens is 2. The zero-order chi connectivity index (χ0) is 79.4. The van der Waals surface area contributed by atoms with Gasteiger partial charge in [-0.1, -0.05) is 35.4 Å². The largest absolute Gasteiger partial charge is 0.363 e. The molecule has 0 aromatic carbocycles. The van der Waals surface area contributed by atoms with E-state index in [1.54, 1.807) is 49.0 Å². The zero-order valence-electron chi connectivity index (χ0n) is 66.1. The minimum absolute atomic E-state index is 0. The molecule has 13 heterocycles. The number of carbonyl (C=O) groups is 3. The molecule has 11 aromatic heterocycles. The number of hydrogen-bond donors (Lipinski definition) is 6. The van der Waals surface area contributed by atoms with Gasteiger partial charge in [-0.15, -0.1) is 5.10 Å². The summed E-state index contributed by atoms with van der Waals surface area (Å²) in [5.74, 6) is 3.90. The molecular formula is C76H117N27O6. The van der Waals surface area contributed by atoms with Gasteiger partial charge in [-0.3, -0.25) is 28.5 Å². The highest BCUT2D eigenvalue weighted by atomic mass is 16.2. The Kier molecular flexibility index (Phi) is 32.5. The van der Waals surface area contributed by atoms with Gasteiger partial charge >= 0.3 is 5.69 Å². The van der Waals surface area contributed by atoms with E-state index >= 15 is 0 Å². The molecular weight excluding hydrogens is 1390 g/mol. The second kappa shape index (κ2) is 38.7. The molecule has 33 nitrogen and oxygen atoms in total. The summed E-state index contributed by atoms with van der Waals surface area (Å²) in [6, 6.07) is 4.10. The molecule has 33 heteroatoms. The van der Waals surface area contributed by atoms with Crippen LogP contribution in [0.5, 0.6) is 0 Å². The lowest BCUT2D eigenvalue weighted by Crippen LogP contribution is -2.40. The quantitative estimate of drug-likeness (QED) is 0.0823. The zero-order valence-corrected chi connectivity index (χ0v) is 66.1. The summed E-state index contributed by atoms with van der Waals surface area (Å²) in [5, 5.41) is 13.3. The lowest BCUT2D eigenvalue weighted by molar-refractivity contribution is -0.117. The number of hydrogen-bond acceptors (Lipinski definition) is 21. The third-order valence-electron chi connectivity index (χ3n) is 16.2. The number of aryl methyl sites for hydroxylation is 8. The first kappa shape index (κ1) is 91.5. The predicted molar refractivity (Wildman–Crippen MR) is 432 cm³/mol. The van der Waals surface area contributed by atoms with Crippen molar-refractivity contribution in [2.75, 3.05) is 5.32 Å². The standard InChI is InChI=1S/C11H15N3.C10H14N4O.C10H14N4.2C9H12N4O.2C9H14N2O.C6H10N4O.3CH4/c1-7(2)14-6-5-10-8(3)12-9(4)13-11(10)14;1-6-12-8-7(9(15)13-6)11-5-14(8)10(2,3)4;1-6(2)14-5-11-9-7(3)12-8(4)13-10(9)14;1-5(2)13-4-10-8-7(13)9(14)12-6(3)11-8;1-5(2)13-4-10-7-8(13)11-6(3)12-9(7)14;1-6(2)11-5-7(3)9(12)10-8(11)4;1-6(2)11-5-7(3)8(4)10-9(11)12;1-4(2)10-3-8-6(9-10)5(7)11;;;/h5-7H,1-4H3;5,12H,1H2,2-4H3,(H,13,15);5-6H,1-4H3;2*4-5H,1-3H3,(H,11,12,14);5-6H,4H2,1-3H3,(H,10,12);5-6H,1-4H3;3-4H,1-2H3,(H2,7,11);3*1H4. The van der Waals surface area contributed by atoms with Crippen molar-refractivity contribution in [1.29, 1.82) is 0 Å². The number of fused-ring (bicyclic) bond motifs is 5. The number of rotatable bonds is 8. The molecule has 0 atom stereocenters. The smallest absolute Gasteiger partial charge is 0.348 e. The number of imidazole rings is 4. The number of aromatic amines is 2. The molecule has 592 valence electrons. The summed E-state index contributed by atoms with van der Waals surface area (Å²) in [7, 11) is 0. The molecule has 2 aliphatic rings. The van der Waals surface area contributed by atoms with Crippen LogP contribution in [-0.2, 0) is 10.3 Å². The number of nitrogens with two attached hydrogens (primary N) is 1. The fourth-order valence-electron chi connectivity index (χ4n) is 10.4. The van der Waals surface area contributed by atoms with Gasteiger partial charge in [0.25, 0.3) is 28.8 Å². The molecule has 13 rings (SSSR count). The van der Waals surface area contributed by atoms with Crippen LogP contribution in [0.1, 0.15) is 250 Å². The van der Waals surface area contributed by atoms with E-state index in [4.69, 9.17) is 5.73 Å². The Hall–Kier alpha value is -11.7. The van der Waals surface area contributed by atoms with Crippen LogP contribution in [-0.4, -0.2) is 136 Å². The minimum atomic E-state index is -0.593. The molecule has 0 unspecified atom stereocenters. The van der Waals surface area contributed by atoms with Crippen molar-refractivity contribution in [2.45, 2.75) is 250 Å². The van der Waals surface area contributed by atoms with Crippen molar-refractivity contribution in [3.05, 3.63) is 175 Å². The summed E-state index contributed by atoms with van der Waals surface area (Å²) in [4.78, 5) is 125. The van der Waals surface area contributed by atoms with E-state index in [0.29, 0.717) is 75.3 Å². The number of amides is 3. The SMILES string of the molecule is C.C.C.C=C1NC(=O)C(C)=CN1C(C)C.C=C1NC(=O)c2ncn(C(C)(C)C)c2N1.CC(C)n1cnc(C(N)=O)n1.Cc1cn(C(C)C)c(=O)nc1C.Cc1nc(C)c2ccn(C(C)C)c2n1.Cc1nc(C)c2ncn(C(C)C)c2n1.Cc1nc2c(ncn2C(C)C)c(=O)[nH]1.Cc1nc2ncn(C(C)C)c2c(=O)[nH]1. The summed E-state index contributed by atoms with van der Waals surface area (Å²) in [6.07, 6.45) is 14.0. The van der Waals surface area contributed by atoms with E-state index in [9.17, 15) is 28.8 Å². The Morgan fingerprint density at radius 2 is 1.03 bits per heavy atom. The van der Waals surface area contributed by atoms with Crippen LogP contribution in [0.15, 0.2) is 101 Å². The normalized spacial score (nSPS) is 12.3. The molecule has 0 bridgehead atoms. The molecule has 11 aromatic rings. The molecule has 0 saturated heterocycles. The van der Waals surface area contributed by atoms with Gasteiger partial charge in [-0.2, -0.15) is 4.98 Å². The molecule has 0 spiro atoms. The average Bonchev–Trinajstić information content (AvgIpc) is 1.66. The molecule has 0 radical (unpaired) electrons. The number of carbonyl (C=O) groups excluding carboxylic acids is 3. The Morgan fingerprint density at radius 1 is 0.505 bits per heavy atom. The van der Waals surface area contributed by atoms with Crippen LogP contribution in [0.25, 0.3) is 44.5 Å². The fraction of sp³-hybridized carbons (Fsp3) is 0.487. The first-order valence-electron chi connectivity index (χ1n) is 34.9. The van der Waals surface area contributed by atoms with Gasteiger partial charge in [0.15, 0.2) is 33.7 Å². The predicted octanol–water partition coefficient (Wildman–Crippen LogP) is 12.4. The summed E-state index contributed by atoms with van der Waals surface area (Å²) in [5.41, 5.74) is 14.4. The minimum Gasteiger partial charge on any atom is -0.363 e. The van der Waals surface area contributed by atoms with Crippen molar-refractivity contribution in [2.24, 2.45) is 5.73 Å². The second-order valence-electron chi connectivity index (χ2n) is 28.4. The number of primary amides is 1. The Labute approximate surface area is 638 Å². The maximum atomic E-state index is 11.6. The highest BCUT2D eigenvalue weighted by Crippen LogP contribution is 2.27. The number of aromatic nitrogens is 22. The maximum absolute atomic E-state index is 11.6. The fourth-order valence-corrected chi connectivity index (χ4v) is 10.4. The van der Waals surface area contributed by atoms with Crippen LogP contribution >= 0.6 is 0 Å². The van der Waals surface area contributed by atoms with Gasteiger partial charge in [0, 0.05) is 83.1 Å². The summed E-state index contributed by atoms with van der Waals surface area (Å²) in [6.45, 7) is 59.1. The Balaban J connectivity index is 0.000000322. The monoisotopic (exact) mass is 1500 g/mol. The summed E-state index contributed by atoms with van der Waals surface area (Å²) < 4.78 is 13.1. The molecule has 2 aliphatic heterocycles. The van der Waals surface area contributed by atoms with Gasteiger partial charge in [0.05, 0.1) is 36.7 Å². The lowest BCUT2D eigenvalue weighted by atomic mass is 10.1. The summed E-state index contributed by atoms with van der Waals surface area (Å²) >= 11 is 0. The number of nitrogens with one attached hydrogen (secondary N) is 5. The van der Waals surface area contributed by atoms with Crippen molar-refractivity contribution >= 4 is 68.1 Å².